The molecule has 0 aliphatic rings. The number of para-hydroxylation sites is 1. The summed E-state index contributed by atoms with van der Waals surface area (Å²) in [5.74, 6) is -1.72. The lowest BCUT2D eigenvalue weighted by atomic mass is 10.3. The molecule has 0 fully saturated rings. The monoisotopic (exact) mass is 334 g/mol. The van der Waals surface area contributed by atoms with Crippen LogP contribution in [-0.2, 0) is 9.59 Å². The van der Waals surface area contributed by atoms with Gasteiger partial charge in [0.15, 0.2) is 13.1 Å². The molecule has 2 rings (SSSR count). The minimum atomic E-state index is -0.521. The average molecular weight is 334 g/mol. The number of anilines is 2. The maximum absolute atomic E-state index is 13.5. The molecule has 0 bridgehead atoms. The summed E-state index contributed by atoms with van der Waals surface area (Å²) in [5.41, 5.74) is 0.447. The van der Waals surface area contributed by atoms with Gasteiger partial charge in [-0.3, -0.25) is 9.59 Å². The smallest absolute Gasteiger partial charge is 0.279 e. The van der Waals surface area contributed by atoms with Crippen LogP contribution < -0.4 is 15.5 Å². The maximum atomic E-state index is 13.5. The van der Waals surface area contributed by atoms with E-state index in [4.69, 9.17) is 0 Å². The summed E-state index contributed by atoms with van der Waals surface area (Å²) in [4.78, 5) is 24.4. The molecule has 2 amide bonds. The van der Waals surface area contributed by atoms with Crippen LogP contribution in [0.4, 0.5) is 20.2 Å². The Morgan fingerprint density at radius 3 is 2.29 bits per heavy atom. The Kier molecular flexibility index (Phi) is 5.97. The number of quaternary nitrogens is 1. The van der Waals surface area contributed by atoms with E-state index < -0.39 is 17.5 Å². The van der Waals surface area contributed by atoms with Crippen molar-refractivity contribution in [3.63, 3.8) is 0 Å². The molecule has 0 saturated heterocycles. The molecule has 0 aromatic heterocycles. The van der Waals surface area contributed by atoms with E-state index in [0.29, 0.717) is 10.6 Å². The largest absolute Gasteiger partial charge is 0.322 e. The van der Waals surface area contributed by atoms with Crippen LogP contribution in [-0.4, -0.2) is 32.0 Å². The lowest BCUT2D eigenvalue weighted by molar-refractivity contribution is -0.862. The molecule has 0 aliphatic heterocycles. The van der Waals surface area contributed by atoms with Gasteiger partial charge in [-0.25, -0.2) is 8.78 Å². The highest BCUT2D eigenvalue weighted by atomic mass is 19.1. The summed E-state index contributed by atoms with van der Waals surface area (Å²) in [7, 11) is 1.66. The van der Waals surface area contributed by atoms with E-state index in [0.717, 1.165) is 0 Å². The van der Waals surface area contributed by atoms with Gasteiger partial charge in [0.2, 0.25) is 0 Å². The number of hydrogen-bond acceptors (Lipinski definition) is 2. The lowest BCUT2D eigenvalue weighted by Gasteiger charge is -2.14. The van der Waals surface area contributed by atoms with Gasteiger partial charge in [-0.05, 0) is 30.3 Å². The number of hydrogen-bond donors (Lipinski definition) is 3. The van der Waals surface area contributed by atoms with Gasteiger partial charge in [0.1, 0.15) is 11.6 Å². The molecule has 5 nitrogen and oxygen atoms in total. The van der Waals surface area contributed by atoms with Crippen LogP contribution in [0.3, 0.4) is 0 Å². The molecule has 7 heteroatoms. The van der Waals surface area contributed by atoms with Crippen LogP contribution in [0.15, 0.2) is 48.5 Å². The SMILES string of the molecule is C[NH+](CC(=O)Nc1cccc(F)c1)CC(=O)Nc1ccccc1F. The summed E-state index contributed by atoms with van der Waals surface area (Å²) >= 11 is 0. The molecule has 1 unspecified atom stereocenters. The summed E-state index contributed by atoms with van der Waals surface area (Å²) < 4.78 is 26.5. The third kappa shape index (κ3) is 5.44. The number of benzene rings is 2. The molecule has 126 valence electrons. The van der Waals surface area contributed by atoms with Crippen LogP contribution in [0.2, 0.25) is 0 Å². The quantitative estimate of drug-likeness (QED) is 0.740. The molecule has 0 radical (unpaired) electrons. The van der Waals surface area contributed by atoms with Crippen LogP contribution in [0.25, 0.3) is 0 Å². The zero-order chi connectivity index (χ0) is 17.5. The van der Waals surface area contributed by atoms with Crippen molar-refractivity contribution in [2.45, 2.75) is 0 Å². The Labute approximate surface area is 138 Å². The molecule has 3 N–H and O–H groups in total. The highest BCUT2D eigenvalue weighted by Gasteiger charge is 2.15. The van der Waals surface area contributed by atoms with Crippen LogP contribution in [0, 0.1) is 11.6 Å². The number of carbonyl (C=O) groups excluding carboxylic acids is 2. The molecule has 2 aromatic carbocycles. The van der Waals surface area contributed by atoms with Crippen molar-refractivity contribution in [2.75, 3.05) is 30.8 Å². The first-order valence-corrected chi connectivity index (χ1v) is 7.35. The van der Waals surface area contributed by atoms with Crippen molar-refractivity contribution in [1.82, 2.24) is 0 Å². The fourth-order valence-electron chi connectivity index (χ4n) is 2.14. The first-order chi connectivity index (χ1) is 11.4. The fraction of sp³-hybridized carbons (Fsp3) is 0.176. The topological polar surface area (TPSA) is 62.6 Å². The van der Waals surface area contributed by atoms with Crippen LogP contribution in [0.5, 0.6) is 0 Å². The first-order valence-electron chi connectivity index (χ1n) is 7.35. The number of amides is 2. The molecular weight excluding hydrogens is 316 g/mol. The van der Waals surface area contributed by atoms with E-state index in [1.807, 2.05) is 0 Å². The Hall–Kier alpha value is -2.80. The zero-order valence-electron chi connectivity index (χ0n) is 13.1. The number of nitrogens with one attached hydrogen (secondary N) is 3. The molecule has 1 atom stereocenters. The van der Waals surface area contributed by atoms with E-state index >= 15 is 0 Å². The lowest BCUT2D eigenvalue weighted by Crippen LogP contribution is -3.11. The zero-order valence-corrected chi connectivity index (χ0v) is 13.1. The van der Waals surface area contributed by atoms with Gasteiger partial charge < -0.3 is 15.5 Å². The molecule has 0 saturated carbocycles. The fourth-order valence-corrected chi connectivity index (χ4v) is 2.14. The number of halogens is 2. The molecule has 2 aromatic rings. The molecule has 0 spiro atoms. The second-order valence-electron chi connectivity index (χ2n) is 5.40. The van der Waals surface area contributed by atoms with Crippen molar-refractivity contribution in [1.29, 1.82) is 0 Å². The maximum Gasteiger partial charge on any atom is 0.279 e. The van der Waals surface area contributed by atoms with Gasteiger partial charge in [-0.15, -0.1) is 0 Å². The van der Waals surface area contributed by atoms with E-state index in [1.165, 1.54) is 36.4 Å². The minimum Gasteiger partial charge on any atom is -0.322 e. The van der Waals surface area contributed by atoms with Crippen molar-refractivity contribution in [3.8, 4) is 0 Å². The van der Waals surface area contributed by atoms with Gasteiger partial charge in [0.05, 0.1) is 12.7 Å². The van der Waals surface area contributed by atoms with Crippen LogP contribution >= 0.6 is 0 Å². The van der Waals surface area contributed by atoms with E-state index in [-0.39, 0.29) is 24.7 Å². The van der Waals surface area contributed by atoms with Gasteiger partial charge in [-0.1, -0.05) is 18.2 Å². The Bertz CT molecular complexity index is 737. The van der Waals surface area contributed by atoms with Crippen molar-refractivity contribution in [3.05, 3.63) is 60.2 Å². The number of likely N-dealkylation sites (N-methyl/N-ethyl adjacent to an activating group) is 1. The summed E-state index contributed by atoms with van der Waals surface area (Å²) in [6.07, 6.45) is 0. The van der Waals surface area contributed by atoms with E-state index in [9.17, 15) is 18.4 Å². The average Bonchev–Trinajstić information content (AvgIpc) is 2.49. The van der Waals surface area contributed by atoms with Gasteiger partial charge >= 0.3 is 0 Å². The second kappa shape index (κ2) is 8.16. The third-order valence-corrected chi connectivity index (χ3v) is 3.18. The second-order valence-corrected chi connectivity index (χ2v) is 5.40. The van der Waals surface area contributed by atoms with Gasteiger partial charge in [0.25, 0.3) is 11.8 Å². The Morgan fingerprint density at radius 2 is 1.62 bits per heavy atom. The molecule has 0 heterocycles. The summed E-state index contributed by atoms with van der Waals surface area (Å²) in [6, 6.07) is 11.4. The minimum absolute atomic E-state index is 0.00902. The van der Waals surface area contributed by atoms with Gasteiger partial charge in [0, 0.05) is 5.69 Å². The highest BCUT2D eigenvalue weighted by Crippen LogP contribution is 2.11. The predicted molar refractivity (Wildman–Crippen MR) is 86.7 cm³/mol. The summed E-state index contributed by atoms with van der Waals surface area (Å²) in [6.45, 7) is 0.00606. The van der Waals surface area contributed by atoms with Crippen molar-refractivity contribution >= 4 is 23.2 Å². The van der Waals surface area contributed by atoms with Crippen molar-refractivity contribution in [2.24, 2.45) is 0 Å². The van der Waals surface area contributed by atoms with E-state index in [1.54, 1.807) is 19.2 Å². The molecule has 24 heavy (non-hydrogen) atoms. The predicted octanol–water partition coefficient (Wildman–Crippen LogP) is 1.06. The molecular formula is C17H18F2N3O2+. The summed E-state index contributed by atoms with van der Waals surface area (Å²) in [5, 5.41) is 5.01. The Balaban J connectivity index is 1.81. The molecule has 0 aliphatic carbocycles. The van der Waals surface area contributed by atoms with E-state index in [2.05, 4.69) is 10.6 Å². The standard InChI is InChI=1S/C17H17F2N3O2/c1-22(10-16(23)20-13-6-4-5-12(18)9-13)11-17(24)21-15-8-3-2-7-14(15)19/h2-9H,10-11H2,1H3,(H,20,23)(H,21,24)/p+1. The van der Waals surface area contributed by atoms with Gasteiger partial charge in [-0.2, -0.15) is 0 Å². The van der Waals surface area contributed by atoms with Crippen LogP contribution in [0.1, 0.15) is 0 Å². The number of carbonyl (C=O) groups is 2. The normalized spacial score (nSPS) is 11.6. The third-order valence-electron chi connectivity index (χ3n) is 3.18. The highest BCUT2D eigenvalue weighted by molar-refractivity contribution is 5.93. The number of rotatable bonds is 6. The van der Waals surface area contributed by atoms with Crippen molar-refractivity contribution < 1.29 is 23.3 Å². The Morgan fingerprint density at radius 1 is 0.958 bits per heavy atom. The first kappa shape index (κ1) is 17.6.